The molecule has 1 saturated heterocycles. The Kier molecular flexibility index (Phi) is 5.68. The Balaban J connectivity index is 2.45. The van der Waals surface area contributed by atoms with Crippen molar-refractivity contribution in [1.29, 1.82) is 0 Å². The van der Waals surface area contributed by atoms with Crippen LogP contribution in [0.3, 0.4) is 0 Å². The molecular weight excluding hydrogens is 382 g/mol. The van der Waals surface area contributed by atoms with Crippen LogP contribution in [0.15, 0.2) is 18.2 Å². The highest BCUT2D eigenvalue weighted by atomic mass is 79.9. The first-order valence-corrected chi connectivity index (χ1v) is 10.8. The first-order chi connectivity index (χ1) is 9.49. The van der Waals surface area contributed by atoms with Gasteiger partial charge in [-0.2, -0.15) is 11.8 Å². The minimum absolute atomic E-state index is 0.166. The number of thioether (sulfide) groups is 1. The number of halogens is 2. The molecular formula is C13H17BrClNO2S2. The van der Waals surface area contributed by atoms with Crippen molar-refractivity contribution in [2.45, 2.75) is 17.6 Å². The largest absolute Gasteiger partial charge is 0.353 e. The van der Waals surface area contributed by atoms with E-state index in [9.17, 15) is 8.42 Å². The second kappa shape index (κ2) is 6.90. The normalized spacial score (nSPS) is 20.1. The average molecular weight is 399 g/mol. The summed E-state index contributed by atoms with van der Waals surface area (Å²) >= 11 is 11.3. The Morgan fingerprint density at radius 3 is 2.90 bits per heavy atom. The molecule has 1 aliphatic rings. The third-order valence-corrected chi connectivity index (χ3v) is 7.53. The maximum absolute atomic E-state index is 12.3. The number of hydrogen-bond donors (Lipinski definition) is 0. The summed E-state index contributed by atoms with van der Waals surface area (Å²) in [6.07, 6.45) is 0. The van der Waals surface area contributed by atoms with Crippen molar-refractivity contribution in [1.82, 2.24) is 0 Å². The van der Waals surface area contributed by atoms with Crippen LogP contribution in [-0.2, 0) is 15.2 Å². The van der Waals surface area contributed by atoms with Gasteiger partial charge >= 0.3 is 0 Å². The third-order valence-electron chi connectivity index (χ3n) is 3.40. The van der Waals surface area contributed by atoms with Crippen LogP contribution in [0.2, 0.25) is 5.02 Å². The molecule has 0 spiro atoms. The Morgan fingerprint density at radius 1 is 1.50 bits per heavy atom. The molecule has 1 aromatic carbocycles. The van der Waals surface area contributed by atoms with E-state index in [4.69, 9.17) is 11.6 Å². The van der Waals surface area contributed by atoms with Crippen LogP contribution in [0.4, 0.5) is 5.69 Å². The fourth-order valence-corrected chi connectivity index (χ4v) is 5.89. The second-order valence-electron chi connectivity index (χ2n) is 4.58. The number of rotatable bonds is 4. The summed E-state index contributed by atoms with van der Waals surface area (Å²) in [6.45, 7) is 2.44. The molecule has 112 valence electrons. The summed E-state index contributed by atoms with van der Waals surface area (Å²) in [7, 11) is -3.11. The molecule has 0 aliphatic carbocycles. The van der Waals surface area contributed by atoms with E-state index in [1.807, 2.05) is 23.1 Å². The van der Waals surface area contributed by atoms with Gasteiger partial charge in [0.25, 0.3) is 0 Å². The lowest BCUT2D eigenvalue weighted by Crippen LogP contribution is -2.48. The monoisotopic (exact) mass is 397 g/mol. The van der Waals surface area contributed by atoms with Crippen LogP contribution in [0.25, 0.3) is 0 Å². The van der Waals surface area contributed by atoms with Gasteiger partial charge in [0.2, 0.25) is 0 Å². The molecule has 3 nitrogen and oxygen atoms in total. The molecule has 20 heavy (non-hydrogen) atoms. The smallest absolute Gasteiger partial charge is 0.171 e. The minimum Gasteiger partial charge on any atom is -0.353 e. The van der Waals surface area contributed by atoms with Gasteiger partial charge < -0.3 is 4.90 Å². The zero-order valence-corrected chi connectivity index (χ0v) is 15.2. The standard InChI is InChI=1S/C13H17BrClNO2S2/c1-2-20(17,18)13-9-19-6-5-16(13)12-7-11(15)4-3-10(12)8-14/h3-4,7,13H,2,5-6,8-9H2,1H3. The average Bonchev–Trinajstić information content (AvgIpc) is 2.47. The van der Waals surface area contributed by atoms with Gasteiger partial charge in [0.1, 0.15) is 5.37 Å². The van der Waals surface area contributed by atoms with Crippen LogP contribution >= 0.6 is 39.3 Å². The van der Waals surface area contributed by atoms with Gasteiger partial charge in [-0.1, -0.05) is 40.5 Å². The number of nitrogens with zero attached hydrogens (tertiary/aromatic N) is 1. The SMILES string of the molecule is CCS(=O)(=O)C1CSCCN1c1cc(Cl)ccc1CBr. The summed E-state index contributed by atoms with van der Waals surface area (Å²) in [5.41, 5.74) is 1.99. The van der Waals surface area contributed by atoms with Gasteiger partial charge in [-0.15, -0.1) is 0 Å². The van der Waals surface area contributed by atoms with Gasteiger partial charge in [-0.25, -0.2) is 8.42 Å². The number of anilines is 1. The van der Waals surface area contributed by atoms with Gasteiger partial charge in [0.05, 0.1) is 0 Å². The maximum atomic E-state index is 12.3. The van der Waals surface area contributed by atoms with Crippen molar-refractivity contribution in [3.63, 3.8) is 0 Å². The Labute approximate surface area is 138 Å². The summed E-state index contributed by atoms with van der Waals surface area (Å²) in [5, 5.41) is 0.861. The van der Waals surface area contributed by atoms with E-state index < -0.39 is 15.2 Å². The van der Waals surface area contributed by atoms with E-state index in [2.05, 4.69) is 15.9 Å². The lowest BCUT2D eigenvalue weighted by atomic mass is 10.2. The van der Waals surface area contributed by atoms with E-state index in [0.29, 0.717) is 16.1 Å². The van der Waals surface area contributed by atoms with Crippen molar-refractivity contribution in [3.05, 3.63) is 28.8 Å². The van der Waals surface area contributed by atoms with Gasteiger partial charge in [-0.05, 0) is 17.7 Å². The van der Waals surface area contributed by atoms with Crippen molar-refractivity contribution in [3.8, 4) is 0 Å². The molecule has 0 aromatic heterocycles. The third kappa shape index (κ3) is 3.46. The van der Waals surface area contributed by atoms with Crippen LogP contribution < -0.4 is 4.90 Å². The Morgan fingerprint density at radius 2 is 2.25 bits per heavy atom. The Bertz CT molecular complexity index is 580. The van der Waals surface area contributed by atoms with Crippen LogP contribution in [0.5, 0.6) is 0 Å². The van der Waals surface area contributed by atoms with Crippen molar-refractivity contribution >= 4 is 54.8 Å². The molecule has 7 heteroatoms. The summed E-state index contributed by atoms with van der Waals surface area (Å²) in [6, 6.07) is 5.65. The Hall–Kier alpha value is 0.0900. The number of sulfone groups is 1. The minimum atomic E-state index is -3.11. The molecule has 1 fully saturated rings. The second-order valence-corrected chi connectivity index (χ2v) is 9.18. The number of hydrogen-bond acceptors (Lipinski definition) is 4. The molecule has 1 aromatic rings. The zero-order chi connectivity index (χ0) is 14.8. The predicted octanol–water partition coefficient (Wildman–Crippen LogP) is 3.55. The fraction of sp³-hybridized carbons (Fsp3) is 0.538. The molecule has 1 heterocycles. The fourth-order valence-electron chi connectivity index (χ4n) is 2.26. The molecule has 0 N–H and O–H groups in total. The molecule has 0 saturated carbocycles. The topological polar surface area (TPSA) is 37.4 Å². The predicted molar refractivity (Wildman–Crippen MR) is 92.0 cm³/mol. The lowest BCUT2D eigenvalue weighted by molar-refractivity contribution is 0.579. The van der Waals surface area contributed by atoms with Gasteiger partial charge in [0, 0.05) is 39.8 Å². The quantitative estimate of drug-likeness (QED) is 0.727. The summed E-state index contributed by atoms with van der Waals surface area (Å²) in [5.74, 6) is 1.72. The van der Waals surface area contributed by atoms with Crippen molar-refractivity contribution in [2.24, 2.45) is 0 Å². The molecule has 0 amide bonds. The molecule has 1 atom stereocenters. The van der Waals surface area contributed by atoms with Gasteiger partial charge in [-0.3, -0.25) is 0 Å². The highest BCUT2D eigenvalue weighted by molar-refractivity contribution is 9.08. The van der Waals surface area contributed by atoms with E-state index in [0.717, 1.165) is 23.5 Å². The van der Waals surface area contributed by atoms with Crippen LogP contribution in [0, 0.1) is 0 Å². The van der Waals surface area contributed by atoms with Crippen molar-refractivity contribution < 1.29 is 8.42 Å². The summed E-state index contributed by atoms with van der Waals surface area (Å²) < 4.78 is 24.6. The highest BCUT2D eigenvalue weighted by Crippen LogP contribution is 2.33. The zero-order valence-electron chi connectivity index (χ0n) is 11.2. The van der Waals surface area contributed by atoms with Crippen molar-refractivity contribution in [2.75, 3.05) is 28.7 Å². The maximum Gasteiger partial charge on any atom is 0.171 e. The molecule has 2 rings (SSSR count). The molecule has 0 radical (unpaired) electrons. The van der Waals surface area contributed by atoms with E-state index in [-0.39, 0.29) is 5.75 Å². The molecule has 1 unspecified atom stereocenters. The molecule has 0 bridgehead atoms. The first kappa shape index (κ1) is 16.5. The number of alkyl halides is 1. The van der Waals surface area contributed by atoms with Crippen LogP contribution in [-0.4, -0.2) is 37.6 Å². The summed E-state index contributed by atoms with van der Waals surface area (Å²) in [4.78, 5) is 2.00. The van der Waals surface area contributed by atoms with E-state index in [1.165, 1.54) is 0 Å². The number of benzene rings is 1. The first-order valence-electron chi connectivity index (χ1n) is 6.40. The van der Waals surface area contributed by atoms with Crippen LogP contribution in [0.1, 0.15) is 12.5 Å². The van der Waals surface area contributed by atoms with E-state index in [1.54, 1.807) is 18.7 Å². The van der Waals surface area contributed by atoms with Gasteiger partial charge in [0.15, 0.2) is 9.84 Å². The lowest BCUT2D eigenvalue weighted by Gasteiger charge is -2.37. The van der Waals surface area contributed by atoms with E-state index >= 15 is 0 Å². The highest BCUT2D eigenvalue weighted by Gasteiger charge is 2.33. The molecule has 1 aliphatic heterocycles.